The number of rotatable bonds is 6. The summed E-state index contributed by atoms with van der Waals surface area (Å²) in [5.41, 5.74) is 2.34. The van der Waals surface area contributed by atoms with E-state index in [0.29, 0.717) is 31.1 Å². The van der Waals surface area contributed by atoms with Crippen molar-refractivity contribution >= 4 is 17.5 Å². The van der Waals surface area contributed by atoms with Gasteiger partial charge in [-0.1, -0.05) is 39.8 Å². The van der Waals surface area contributed by atoms with Crippen LogP contribution < -0.4 is 0 Å². The number of carbonyl (C=O) groups is 3. The van der Waals surface area contributed by atoms with Gasteiger partial charge in [-0.3, -0.25) is 14.4 Å². The lowest BCUT2D eigenvalue weighted by molar-refractivity contribution is -0.143. The van der Waals surface area contributed by atoms with Crippen molar-refractivity contribution in [1.29, 1.82) is 0 Å². The number of allylic oxidation sites excluding steroid dienone is 1. The summed E-state index contributed by atoms with van der Waals surface area (Å²) in [6, 6.07) is 0. The Labute approximate surface area is 210 Å². The third kappa shape index (κ3) is 4.06. The van der Waals surface area contributed by atoms with E-state index in [1.165, 1.54) is 7.11 Å². The maximum absolute atomic E-state index is 13.9. The van der Waals surface area contributed by atoms with Gasteiger partial charge in [0.05, 0.1) is 19.1 Å². The van der Waals surface area contributed by atoms with Crippen LogP contribution in [0.2, 0.25) is 0 Å². The molecule has 35 heavy (non-hydrogen) atoms. The largest absolute Gasteiger partial charge is 0.469 e. The van der Waals surface area contributed by atoms with Gasteiger partial charge in [-0.2, -0.15) is 0 Å². The van der Waals surface area contributed by atoms with Crippen molar-refractivity contribution in [1.82, 2.24) is 0 Å². The molecule has 4 aliphatic rings. The zero-order valence-corrected chi connectivity index (χ0v) is 22.5. The number of fused-ring (bicyclic) bond motifs is 4. The van der Waals surface area contributed by atoms with Crippen molar-refractivity contribution < 1.29 is 24.2 Å². The van der Waals surface area contributed by atoms with Crippen LogP contribution in [0.5, 0.6) is 0 Å². The molecule has 0 unspecified atom stereocenters. The van der Waals surface area contributed by atoms with E-state index in [1.54, 1.807) is 0 Å². The summed E-state index contributed by atoms with van der Waals surface area (Å²) in [4.78, 5) is 38.3. The van der Waals surface area contributed by atoms with Gasteiger partial charge < -0.3 is 9.84 Å². The molecule has 0 saturated heterocycles. The van der Waals surface area contributed by atoms with Gasteiger partial charge in [0.15, 0.2) is 5.78 Å². The van der Waals surface area contributed by atoms with E-state index < -0.39 is 6.10 Å². The second-order valence-electron chi connectivity index (χ2n) is 12.6. The molecule has 0 aromatic heterocycles. The first-order chi connectivity index (χ1) is 16.4. The molecule has 0 radical (unpaired) electrons. The second kappa shape index (κ2) is 9.28. The van der Waals surface area contributed by atoms with E-state index in [9.17, 15) is 19.5 Å². The molecule has 2 fully saturated rings. The van der Waals surface area contributed by atoms with Gasteiger partial charge in [0, 0.05) is 29.7 Å². The van der Waals surface area contributed by atoms with Gasteiger partial charge in [-0.15, -0.1) is 0 Å². The lowest BCUT2D eigenvalue weighted by atomic mass is 9.48. The van der Waals surface area contributed by atoms with E-state index in [1.807, 2.05) is 13.8 Å². The normalized spacial score (nSPS) is 40.5. The summed E-state index contributed by atoms with van der Waals surface area (Å²) in [5.74, 6) is 0.864. The van der Waals surface area contributed by atoms with Gasteiger partial charge in [0.1, 0.15) is 5.78 Å². The van der Waals surface area contributed by atoms with Crippen molar-refractivity contribution in [3.8, 4) is 0 Å². The molecule has 0 amide bonds. The van der Waals surface area contributed by atoms with E-state index >= 15 is 0 Å². The van der Waals surface area contributed by atoms with E-state index in [4.69, 9.17) is 4.74 Å². The molecule has 0 aliphatic heterocycles. The minimum absolute atomic E-state index is 0.0461. The van der Waals surface area contributed by atoms with E-state index in [-0.39, 0.29) is 52.0 Å². The smallest absolute Gasteiger partial charge is 0.312 e. The summed E-state index contributed by atoms with van der Waals surface area (Å²) in [6.45, 7) is 14.7. The first-order valence-corrected chi connectivity index (χ1v) is 13.6. The Morgan fingerprint density at radius 2 is 1.91 bits per heavy atom. The SMILES string of the molecule is C=C(CC[C@@H](C)[C@H]1CC[C@H]2C3=C(C(=O)C[C@]12C)[C@@]1(C)CCC(=O)[C@@H](C)[C@@H]1C[C@H]3O)[C@H](C)C(=O)OC. The van der Waals surface area contributed by atoms with Crippen LogP contribution in [0.3, 0.4) is 0 Å². The summed E-state index contributed by atoms with van der Waals surface area (Å²) in [5, 5.41) is 11.4. The fraction of sp³-hybridized carbons (Fsp3) is 0.767. The summed E-state index contributed by atoms with van der Waals surface area (Å²) in [7, 11) is 1.41. The minimum Gasteiger partial charge on any atom is -0.469 e. The zero-order valence-electron chi connectivity index (χ0n) is 22.5. The quantitative estimate of drug-likeness (QED) is 0.400. The predicted octanol–water partition coefficient (Wildman–Crippen LogP) is 5.46. The number of carbonyl (C=O) groups excluding carboxylic acids is 3. The molecule has 4 aliphatic carbocycles. The van der Waals surface area contributed by atoms with E-state index in [2.05, 4.69) is 27.4 Å². The minimum atomic E-state index is -0.625. The molecule has 0 aromatic rings. The van der Waals surface area contributed by atoms with Crippen LogP contribution >= 0.6 is 0 Å². The molecule has 2 saturated carbocycles. The van der Waals surface area contributed by atoms with E-state index in [0.717, 1.165) is 48.8 Å². The fourth-order valence-electron chi connectivity index (χ4n) is 8.67. The molecule has 194 valence electrons. The first-order valence-electron chi connectivity index (χ1n) is 13.6. The number of ether oxygens (including phenoxy) is 1. The van der Waals surface area contributed by atoms with Crippen LogP contribution in [0, 0.1) is 46.3 Å². The van der Waals surface area contributed by atoms with Crippen molar-refractivity contribution in [2.24, 2.45) is 46.3 Å². The van der Waals surface area contributed by atoms with Crippen LogP contribution in [-0.2, 0) is 19.1 Å². The Morgan fingerprint density at radius 1 is 1.23 bits per heavy atom. The van der Waals surface area contributed by atoms with Crippen LogP contribution in [0.4, 0.5) is 0 Å². The van der Waals surface area contributed by atoms with Crippen LogP contribution in [0.25, 0.3) is 0 Å². The summed E-state index contributed by atoms with van der Waals surface area (Å²) in [6.07, 6.45) is 5.50. The highest BCUT2D eigenvalue weighted by Gasteiger charge is 2.61. The third-order valence-electron chi connectivity index (χ3n) is 10.9. The third-order valence-corrected chi connectivity index (χ3v) is 10.9. The Morgan fingerprint density at radius 3 is 2.57 bits per heavy atom. The molecule has 1 N–H and O–H groups in total. The fourth-order valence-corrected chi connectivity index (χ4v) is 8.67. The lowest BCUT2D eigenvalue weighted by Gasteiger charge is -2.55. The highest BCUT2D eigenvalue weighted by atomic mass is 16.5. The highest BCUT2D eigenvalue weighted by molar-refractivity contribution is 6.00. The van der Waals surface area contributed by atoms with Gasteiger partial charge in [-0.05, 0) is 80.1 Å². The Hall–Kier alpha value is -1.75. The van der Waals surface area contributed by atoms with Gasteiger partial charge in [0.25, 0.3) is 0 Å². The first kappa shape index (κ1) is 26.3. The number of aliphatic hydroxyl groups excluding tert-OH is 1. The Bertz CT molecular complexity index is 962. The molecule has 0 heterocycles. The van der Waals surface area contributed by atoms with Crippen molar-refractivity contribution in [2.75, 3.05) is 7.11 Å². The van der Waals surface area contributed by atoms with Gasteiger partial charge >= 0.3 is 5.97 Å². The number of ketones is 2. The number of methoxy groups -OCH3 is 1. The predicted molar refractivity (Wildman–Crippen MR) is 135 cm³/mol. The standard InChI is InChI=1S/C30H44O5/c1-16(18(3)28(34)35-7)8-9-17(2)20-10-11-21-26-24(32)14-22-19(4)23(31)12-13-29(22,5)27(26)25(33)15-30(20,21)6/h17-22,24,32H,1,8-15H2,2-7H3/t17-,18+,19+,20-,21+,22+,24-,29+,30-/m1/s1. The zero-order chi connectivity index (χ0) is 25.9. The Balaban J connectivity index is 1.58. The molecular weight excluding hydrogens is 440 g/mol. The summed E-state index contributed by atoms with van der Waals surface area (Å²) < 4.78 is 4.87. The van der Waals surface area contributed by atoms with Crippen LogP contribution in [0.15, 0.2) is 23.3 Å². The molecule has 4 rings (SSSR count). The Kier molecular flexibility index (Phi) is 6.98. The van der Waals surface area contributed by atoms with Crippen molar-refractivity contribution in [3.63, 3.8) is 0 Å². The number of Topliss-reactive ketones (excluding diaryl/α,β-unsaturated/α-hetero) is 2. The van der Waals surface area contributed by atoms with Crippen LogP contribution in [0.1, 0.15) is 86.0 Å². The molecular formula is C30H44O5. The number of hydrogen-bond acceptors (Lipinski definition) is 5. The lowest BCUT2D eigenvalue weighted by Crippen LogP contribution is -2.54. The maximum Gasteiger partial charge on any atom is 0.312 e. The molecule has 0 spiro atoms. The average molecular weight is 485 g/mol. The van der Waals surface area contributed by atoms with Crippen molar-refractivity contribution in [2.45, 2.75) is 92.1 Å². The van der Waals surface area contributed by atoms with Gasteiger partial charge in [-0.25, -0.2) is 0 Å². The van der Waals surface area contributed by atoms with Crippen LogP contribution in [-0.4, -0.2) is 35.9 Å². The van der Waals surface area contributed by atoms with Gasteiger partial charge in [0.2, 0.25) is 0 Å². The number of aliphatic hydroxyl groups is 1. The maximum atomic E-state index is 13.9. The number of esters is 1. The highest BCUT2D eigenvalue weighted by Crippen LogP contribution is 2.65. The molecule has 9 atom stereocenters. The molecule has 0 bridgehead atoms. The molecule has 5 heteroatoms. The van der Waals surface area contributed by atoms with Crippen molar-refractivity contribution in [3.05, 3.63) is 23.3 Å². The molecule has 0 aromatic carbocycles. The topological polar surface area (TPSA) is 80.7 Å². The summed E-state index contributed by atoms with van der Waals surface area (Å²) >= 11 is 0. The monoisotopic (exact) mass is 484 g/mol. The average Bonchev–Trinajstić information content (AvgIpc) is 3.16. The second-order valence-corrected chi connectivity index (χ2v) is 12.6. The number of hydrogen-bond donors (Lipinski definition) is 1. The molecule has 5 nitrogen and oxygen atoms in total.